The summed E-state index contributed by atoms with van der Waals surface area (Å²) in [7, 11) is 0. The predicted octanol–water partition coefficient (Wildman–Crippen LogP) is 1.59. The largest absolute Gasteiger partial charge is 0.374 e. The lowest BCUT2D eigenvalue weighted by Crippen LogP contribution is -2.47. The number of rotatable bonds is 5. The maximum absolute atomic E-state index is 5.77. The lowest BCUT2D eigenvalue weighted by Gasteiger charge is -2.32. The molecule has 1 rings (SSSR count). The molecule has 0 unspecified atom stereocenters. The van der Waals surface area contributed by atoms with Crippen LogP contribution in [0.2, 0.25) is 0 Å². The molecule has 0 aromatic rings. The molecular formula is C15H28N2O. The molecule has 1 atom stereocenters. The van der Waals surface area contributed by atoms with E-state index in [1.165, 1.54) is 0 Å². The van der Waals surface area contributed by atoms with Gasteiger partial charge in [0.25, 0.3) is 0 Å². The Labute approximate surface area is 112 Å². The molecule has 1 saturated heterocycles. The third-order valence-corrected chi connectivity index (χ3v) is 2.84. The summed E-state index contributed by atoms with van der Waals surface area (Å²) in [4.78, 5) is 2.39. The van der Waals surface area contributed by atoms with Gasteiger partial charge in [-0.3, -0.25) is 4.90 Å². The molecule has 1 fully saturated rings. The average molecular weight is 252 g/mol. The number of morpholine rings is 1. The Balaban J connectivity index is 2.22. The average Bonchev–Trinajstić information content (AvgIpc) is 2.28. The molecule has 0 saturated carbocycles. The van der Waals surface area contributed by atoms with Crippen LogP contribution in [0.1, 0.15) is 27.7 Å². The molecule has 0 aliphatic carbocycles. The quantitative estimate of drug-likeness (QED) is 0.752. The summed E-state index contributed by atoms with van der Waals surface area (Å²) in [6, 6.07) is 0. The van der Waals surface area contributed by atoms with Crippen molar-refractivity contribution >= 4 is 0 Å². The van der Waals surface area contributed by atoms with Crippen LogP contribution in [-0.2, 0) is 4.74 Å². The van der Waals surface area contributed by atoms with E-state index in [4.69, 9.17) is 4.74 Å². The SMILES string of the molecule is CC(C)C#CCN1CCO[C@@H](CNCC(C)C)C1. The molecule has 1 aliphatic heterocycles. The summed E-state index contributed by atoms with van der Waals surface area (Å²) in [5, 5.41) is 3.46. The molecular weight excluding hydrogens is 224 g/mol. The molecule has 1 aliphatic rings. The smallest absolute Gasteiger partial charge is 0.0827 e. The van der Waals surface area contributed by atoms with Gasteiger partial charge in [0.05, 0.1) is 19.3 Å². The maximum Gasteiger partial charge on any atom is 0.0827 e. The Bertz CT molecular complexity index is 278. The lowest BCUT2D eigenvalue weighted by molar-refractivity contribution is -0.0226. The Morgan fingerprint density at radius 1 is 1.33 bits per heavy atom. The Kier molecular flexibility index (Phi) is 7.34. The maximum atomic E-state index is 5.77. The molecule has 0 radical (unpaired) electrons. The summed E-state index contributed by atoms with van der Waals surface area (Å²) in [6.45, 7) is 14.4. The molecule has 1 heterocycles. The number of hydrogen-bond donors (Lipinski definition) is 1. The van der Waals surface area contributed by atoms with Crippen molar-refractivity contribution < 1.29 is 4.74 Å². The molecule has 3 nitrogen and oxygen atoms in total. The van der Waals surface area contributed by atoms with Gasteiger partial charge < -0.3 is 10.1 Å². The van der Waals surface area contributed by atoms with Crippen LogP contribution in [0, 0.1) is 23.7 Å². The van der Waals surface area contributed by atoms with E-state index in [1.54, 1.807) is 0 Å². The predicted molar refractivity (Wildman–Crippen MR) is 76.5 cm³/mol. The standard InChI is InChI=1S/C15H28N2O/c1-13(2)6-5-7-17-8-9-18-15(12-17)11-16-10-14(3)4/h13-16H,7-12H2,1-4H3/t15-/m0/s1. The fraction of sp³-hybridized carbons (Fsp3) is 0.867. The van der Waals surface area contributed by atoms with Gasteiger partial charge in [-0.2, -0.15) is 0 Å². The van der Waals surface area contributed by atoms with Crippen molar-refractivity contribution in [3.05, 3.63) is 0 Å². The minimum atomic E-state index is 0.318. The van der Waals surface area contributed by atoms with Crippen LogP contribution in [-0.4, -0.2) is 50.3 Å². The minimum Gasteiger partial charge on any atom is -0.374 e. The summed E-state index contributed by atoms with van der Waals surface area (Å²) in [6.07, 6.45) is 0.318. The first-order valence-electron chi connectivity index (χ1n) is 7.11. The van der Waals surface area contributed by atoms with Crippen molar-refractivity contribution in [2.45, 2.75) is 33.8 Å². The Morgan fingerprint density at radius 3 is 2.78 bits per heavy atom. The van der Waals surface area contributed by atoms with Gasteiger partial charge >= 0.3 is 0 Å². The van der Waals surface area contributed by atoms with Gasteiger partial charge in [-0.25, -0.2) is 0 Å². The highest BCUT2D eigenvalue weighted by Gasteiger charge is 2.19. The number of hydrogen-bond acceptors (Lipinski definition) is 3. The molecule has 0 spiro atoms. The van der Waals surface area contributed by atoms with E-state index in [0.717, 1.165) is 39.3 Å². The Hall–Kier alpha value is -0.560. The number of ether oxygens (including phenoxy) is 1. The molecule has 0 aromatic carbocycles. The third kappa shape index (κ3) is 7.00. The van der Waals surface area contributed by atoms with Gasteiger partial charge in [0, 0.05) is 25.6 Å². The van der Waals surface area contributed by atoms with E-state index in [2.05, 4.69) is 49.8 Å². The monoisotopic (exact) mass is 252 g/mol. The van der Waals surface area contributed by atoms with Crippen LogP contribution >= 0.6 is 0 Å². The second-order valence-electron chi connectivity index (χ2n) is 5.76. The highest BCUT2D eigenvalue weighted by atomic mass is 16.5. The lowest BCUT2D eigenvalue weighted by atomic mass is 10.2. The third-order valence-electron chi connectivity index (χ3n) is 2.84. The fourth-order valence-electron chi connectivity index (χ4n) is 1.94. The van der Waals surface area contributed by atoms with Gasteiger partial charge in [-0.15, -0.1) is 0 Å². The van der Waals surface area contributed by atoms with Crippen molar-refractivity contribution in [3.63, 3.8) is 0 Å². The van der Waals surface area contributed by atoms with Gasteiger partial charge in [0.2, 0.25) is 0 Å². The molecule has 0 bridgehead atoms. The van der Waals surface area contributed by atoms with E-state index in [0.29, 0.717) is 17.9 Å². The van der Waals surface area contributed by atoms with E-state index >= 15 is 0 Å². The zero-order chi connectivity index (χ0) is 13.4. The topological polar surface area (TPSA) is 24.5 Å². The highest BCUT2D eigenvalue weighted by Crippen LogP contribution is 2.04. The van der Waals surface area contributed by atoms with E-state index in [-0.39, 0.29) is 0 Å². The van der Waals surface area contributed by atoms with Crippen molar-refractivity contribution in [2.75, 3.05) is 39.3 Å². The molecule has 1 N–H and O–H groups in total. The molecule has 3 heteroatoms. The van der Waals surface area contributed by atoms with Crippen LogP contribution in [0.5, 0.6) is 0 Å². The normalized spacial score (nSPS) is 21.1. The highest BCUT2D eigenvalue weighted by molar-refractivity contribution is 5.03. The Morgan fingerprint density at radius 2 is 2.11 bits per heavy atom. The van der Waals surface area contributed by atoms with Crippen LogP contribution in [0.3, 0.4) is 0 Å². The van der Waals surface area contributed by atoms with Gasteiger partial charge in [-0.05, 0) is 12.5 Å². The van der Waals surface area contributed by atoms with E-state index in [9.17, 15) is 0 Å². The minimum absolute atomic E-state index is 0.318. The van der Waals surface area contributed by atoms with E-state index < -0.39 is 0 Å². The van der Waals surface area contributed by atoms with Gasteiger partial charge in [-0.1, -0.05) is 39.5 Å². The number of nitrogens with zero attached hydrogens (tertiary/aromatic N) is 1. The summed E-state index contributed by atoms with van der Waals surface area (Å²) in [5.74, 6) is 7.63. The van der Waals surface area contributed by atoms with Gasteiger partial charge in [0.1, 0.15) is 0 Å². The second-order valence-corrected chi connectivity index (χ2v) is 5.76. The zero-order valence-electron chi connectivity index (χ0n) is 12.3. The summed E-state index contributed by atoms with van der Waals surface area (Å²) in [5.41, 5.74) is 0. The van der Waals surface area contributed by atoms with Crippen molar-refractivity contribution in [1.82, 2.24) is 10.2 Å². The van der Waals surface area contributed by atoms with Gasteiger partial charge in [0.15, 0.2) is 0 Å². The van der Waals surface area contributed by atoms with Crippen molar-refractivity contribution in [2.24, 2.45) is 11.8 Å². The molecule has 0 amide bonds. The summed E-state index contributed by atoms with van der Waals surface area (Å²) >= 11 is 0. The first-order valence-corrected chi connectivity index (χ1v) is 7.11. The van der Waals surface area contributed by atoms with Crippen molar-refractivity contribution in [3.8, 4) is 11.8 Å². The second kappa shape index (κ2) is 8.53. The van der Waals surface area contributed by atoms with Crippen LogP contribution in [0.15, 0.2) is 0 Å². The first kappa shape index (κ1) is 15.5. The molecule has 18 heavy (non-hydrogen) atoms. The van der Waals surface area contributed by atoms with Crippen LogP contribution in [0.25, 0.3) is 0 Å². The van der Waals surface area contributed by atoms with Crippen LogP contribution < -0.4 is 5.32 Å². The first-order chi connectivity index (χ1) is 8.58. The molecule has 0 aromatic heterocycles. The van der Waals surface area contributed by atoms with Crippen molar-refractivity contribution in [1.29, 1.82) is 0 Å². The fourth-order valence-corrected chi connectivity index (χ4v) is 1.94. The summed E-state index contributed by atoms with van der Waals surface area (Å²) < 4.78 is 5.77. The van der Waals surface area contributed by atoms with E-state index in [1.807, 2.05) is 0 Å². The zero-order valence-corrected chi connectivity index (χ0v) is 12.3. The number of nitrogens with one attached hydrogen (secondary N) is 1. The molecule has 104 valence electrons. The van der Waals surface area contributed by atoms with Crippen LogP contribution in [0.4, 0.5) is 0 Å².